The molecule has 2 fully saturated rings. The molecule has 0 atom stereocenters. The first-order valence-electron chi connectivity index (χ1n) is 10.2. The molecule has 1 amide bonds. The third kappa shape index (κ3) is 4.25. The van der Waals surface area contributed by atoms with Gasteiger partial charge in [0.25, 0.3) is 0 Å². The second-order valence-electron chi connectivity index (χ2n) is 8.20. The second-order valence-corrected chi connectivity index (χ2v) is 9.27. The number of benzene rings is 1. The van der Waals surface area contributed by atoms with Gasteiger partial charge in [0.05, 0.1) is 9.88 Å². The van der Waals surface area contributed by atoms with Crippen LogP contribution in [0.2, 0.25) is 0 Å². The number of thiazole rings is 1. The maximum Gasteiger partial charge on any atom is 0.223 e. The number of nitrogens with one attached hydrogen (secondary N) is 1. The second kappa shape index (κ2) is 8.11. The van der Waals surface area contributed by atoms with Gasteiger partial charge in [0, 0.05) is 43.7 Å². The lowest BCUT2D eigenvalue weighted by Gasteiger charge is -2.41. The lowest BCUT2D eigenvalue weighted by atomic mass is 9.99. The molecule has 0 unspecified atom stereocenters. The Morgan fingerprint density at radius 3 is 2.59 bits per heavy atom. The Morgan fingerprint density at radius 2 is 1.93 bits per heavy atom. The Bertz CT molecular complexity index is 771. The van der Waals surface area contributed by atoms with E-state index in [0.29, 0.717) is 18.5 Å². The number of carbonyl (C=O) groups is 1. The van der Waals surface area contributed by atoms with Crippen molar-refractivity contribution in [3.05, 3.63) is 41.0 Å². The predicted molar refractivity (Wildman–Crippen MR) is 111 cm³/mol. The van der Waals surface area contributed by atoms with E-state index in [1.165, 1.54) is 28.3 Å². The zero-order chi connectivity index (χ0) is 18.8. The third-order valence-electron chi connectivity index (χ3n) is 5.94. The van der Waals surface area contributed by atoms with E-state index in [-0.39, 0.29) is 11.8 Å². The average molecular weight is 384 g/mol. The Balaban J connectivity index is 1.32. The molecule has 2 heterocycles. The van der Waals surface area contributed by atoms with Gasteiger partial charge in [0.1, 0.15) is 0 Å². The van der Waals surface area contributed by atoms with Crippen molar-refractivity contribution in [2.24, 2.45) is 5.92 Å². The van der Waals surface area contributed by atoms with Gasteiger partial charge in [-0.3, -0.25) is 9.69 Å². The lowest BCUT2D eigenvalue weighted by molar-refractivity contribution is -0.124. The standard InChI is InChI=1S/C22H29N3OS/c1-15(2)25-13-19(14-25)22-24-12-20(27-22)17-9-7-16(8-10-17)11-23-21(26)18-5-3-4-6-18/h7-10,12,15,18-19H,3-6,11,13-14H2,1-2H3,(H,23,26). The SMILES string of the molecule is CC(C)N1CC(c2ncc(-c3ccc(CNC(=O)C4CCCC4)cc3)s2)C1. The molecule has 0 spiro atoms. The van der Waals surface area contributed by atoms with Crippen molar-refractivity contribution in [1.29, 1.82) is 0 Å². The fraction of sp³-hybridized carbons (Fsp3) is 0.545. The Kier molecular flexibility index (Phi) is 5.60. The molecule has 2 aromatic rings. The van der Waals surface area contributed by atoms with E-state index < -0.39 is 0 Å². The number of hydrogen-bond acceptors (Lipinski definition) is 4. The average Bonchev–Trinajstić information content (AvgIpc) is 3.31. The Morgan fingerprint density at radius 1 is 1.22 bits per heavy atom. The number of rotatable bonds is 6. The molecule has 0 bridgehead atoms. The number of likely N-dealkylation sites (tertiary alicyclic amines) is 1. The van der Waals surface area contributed by atoms with Crippen LogP contribution in [-0.2, 0) is 11.3 Å². The molecule has 2 aliphatic rings. The van der Waals surface area contributed by atoms with E-state index in [9.17, 15) is 4.79 Å². The molecule has 27 heavy (non-hydrogen) atoms. The predicted octanol–water partition coefficient (Wildman–Crippen LogP) is 4.42. The summed E-state index contributed by atoms with van der Waals surface area (Å²) in [4.78, 5) is 20.5. The van der Waals surface area contributed by atoms with Crippen molar-refractivity contribution in [1.82, 2.24) is 15.2 Å². The van der Waals surface area contributed by atoms with Crippen LogP contribution in [0.3, 0.4) is 0 Å². The van der Waals surface area contributed by atoms with Crippen molar-refractivity contribution < 1.29 is 4.79 Å². The summed E-state index contributed by atoms with van der Waals surface area (Å²) in [6.45, 7) is 7.38. The smallest absolute Gasteiger partial charge is 0.223 e. The first-order valence-corrected chi connectivity index (χ1v) is 11.0. The largest absolute Gasteiger partial charge is 0.352 e. The number of nitrogens with zero attached hydrogens (tertiary/aromatic N) is 2. The molecule has 1 aromatic heterocycles. The van der Waals surface area contributed by atoms with Gasteiger partial charge >= 0.3 is 0 Å². The first-order chi connectivity index (χ1) is 13.1. The summed E-state index contributed by atoms with van der Waals surface area (Å²) in [6, 6.07) is 9.16. The highest BCUT2D eigenvalue weighted by Gasteiger charge is 2.31. The van der Waals surface area contributed by atoms with Crippen LogP contribution in [0.25, 0.3) is 10.4 Å². The van der Waals surface area contributed by atoms with Gasteiger partial charge in [-0.2, -0.15) is 0 Å². The van der Waals surface area contributed by atoms with Gasteiger partial charge in [-0.1, -0.05) is 37.1 Å². The van der Waals surface area contributed by atoms with E-state index in [0.717, 1.165) is 31.5 Å². The minimum atomic E-state index is 0.222. The fourth-order valence-electron chi connectivity index (χ4n) is 4.01. The number of aromatic nitrogens is 1. The molecular weight excluding hydrogens is 354 g/mol. The molecule has 1 N–H and O–H groups in total. The zero-order valence-corrected chi connectivity index (χ0v) is 17.1. The molecule has 1 aromatic carbocycles. The molecule has 1 saturated carbocycles. The van der Waals surface area contributed by atoms with Crippen LogP contribution in [-0.4, -0.2) is 34.9 Å². The van der Waals surface area contributed by atoms with E-state index >= 15 is 0 Å². The Labute approximate surface area is 166 Å². The summed E-state index contributed by atoms with van der Waals surface area (Å²) < 4.78 is 0. The molecule has 1 saturated heterocycles. The monoisotopic (exact) mass is 383 g/mol. The van der Waals surface area contributed by atoms with Crippen molar-refractivity contribution in [2.75, 3.05) is 13.1 Å². The molecule has 1 aliphatic heterocycles. The van der Waals surface area contributed by atoms with Crippen molar-refractivity contribution in [3.63, 3.8) is 0 Å². The summed E-state index contributed by atoms with van der Waals surface area (Å²) >= 11 is 1.82. The van der Waals surface area contributed by atoms with Gasteiger partial charge < -0.3 is 5.32 Å². The first kappa shape index (κ1) is 18.6. The van der Waals surface area contributed by atoms with E-state index in [1.54, 1.807) is 0 Å². The summed E-state index contributed by atoms with van der Waals surface area (Å²) in [6.07, 6.45) is 6.50. The van der Waals surface area contributed by atoms with Crippen molar-refractivity contribution >= 4 is 17.2 Å². The van der Waals surface area contributed by atoms with Crippen molar-refractivity contribution in [3.8, 4) is 10.4 Å². The van der Waals surface area contributed by atoms with Crippen molar-refractivity contribution in [2.45, 2.75) is 58.0 Å². The van der Waals surface area contributed by atoms with Gasteiger partial charge in [0.2, 0.25) is 5.91 Å². The normalized spacial score (nSPS) is 18.8. The van der Waals surface area contributed by atoms with Crippen LogP contribution in [0.1, 0.15) is 56.0 Å². The number of carbonyl (C=O) groups excluding carboxylic acids is 1. The van der Waals surface area contributed by atoms with Crippen LogP contribution in [0.4, 0.5) is 0 Å². The third-order valence-corrected chi connectivity index (χ3v) is 7.15. The van der Waals surface area contributed by atoms with Gasteiger partial charge in [-0.15, -0.1) is 11.3 Å². The minimum Gasteiger partial charge on any atom is -0.352 e. The van der Waals surface area contributed by atoms with Gasteiger partial charge in [-0.25, -0.2) is 4.98 Å². The van der Waals surface area contributed by atoms with Crippen LogP contribution < -0.4 is 5.32 Å². The molecule has 0 radical (unpaired) electrons. The highest BCUT2D eigenvalue weighted by atomic mass is 32.1. The van der Waals surface area contributed by atoms with Crippen LogP contribution >= 0.6 is 11.3 Å². The summed E-state index contributed by atoms with van der Waals surface area (Å²) in [5, 5.41) is 4.35. The zero-order valence-electron chi connectivity index (χ0n) is 16.3. The highest BCUT2D eigenvalue weighted by Crippen LogP contribution is 2.35. The summed E-state index contributed by atoms with van der Waals surface area (Å²) in [5.41, 5.74) is 2.37. The highest BCUT2D eigenvalue weighted by molar-refractivity contribution is 7.15. The maximum atomic E-state index is 12.2. The number of hydrogen-bond donors (Lipinski definition) is 1. The number of amides is 1. The molecule has 4 nitrogen and oxygen atoms in total. The fourth-order valence-corrected chi connectivity index (χ4v) is 5.01. The van der Waals surface area contributed by atoms with E-state index in [2.05, 4.69) is 53.3 Å². The molecule has 4 rings (SSSR count). The van der Waals surface area contributed by atoms with Crippen LogP contribution in [0.5, 0.6) is 0 Å². The van der Waals surface area contributed by atoms with Gasteiger partial charge in [-0.05, 0) is 37.8 Å². The van der Waals surface area contributed by atoms with Crippen LogP contribution in [0.15, 0.2) is 30.5 Å². The molecular formula is C22H29N3OS. The molecule has 5 heteroatoms. The quantitative estimate of drug-likeness (QED) is 0.803. The topological polar surface area (TPSA) is 45.2 Å². The van der Waals surface area contributed by atoms with E-state index in [4.69, 9.17) is 0 Å². The van der Waals surface area contributed by atoms with Gasteiger partial charge in [0.15, 0.2) is 0 Å². The molecule has 144 valence electrons. The lowest BCUT2D eigenvalue weighted by Crippen LogP contribution is -2.48. The maximum absolute atomic E-state index is 12.2. The molecule has 1 aliphatic carbocycles. The van der Waals surface area contributed by atoms with Crippen LogP contribution in [0, 0.1) is 5.92 Å². The van der Waals surface area contributed by atoms with E-state index in [1.807, 2.05) is 17.5 Å². The summed E-state index contributed by atoms with van der Waals surface area (Å²) in [5.74, 6) is 1.05. The summed E-state index contributed by atoms with van der Waals surface area (Å²) in [7, 11) is 0. The minimum absolute atomic E-state index is 0.222. The Hall–Kier alpha value is -1.72.